The number of benzene rings is 10. The Balaban J connectivity index is 0.000000194. The summed E-state index contributed by atoms with van der Waals surface area (Å²) in [6, 6.07) is 80.6. The van der Waals surface area contributed by atoms with Gasteiger partial charge in [-0.05, 0) is 245 Å². The molecule has 0 radical (unpaired) electrons. The van der Waals surface area contributed by atoms with Gasteiger partial charge in [0.15, 0.2) is 6.29 Å². The van der Waals surface area contributed by atoms with Crippen LogP contribution in [-0.2, 0) is 91.1 Å². The van der Waals surface area contributed by atoms with Crippen molar-refractivity contribution in [3.05, 3.63) is 309 Å². The summed E-state index contributed by atoms with van der Waals surface area (Å²) in [6.45, 7) is 12.7. The van der Waals surface area contributed by atoms with E-state index in [9.17, 15) is 48.3 Å². The predicted molar refractivity (Wildman–Crippen MR) is 546 cm³/mol. The van der Waals surface area contributed by atoms with Gasteiger partial charge in [-0.25, -0.2) is 0 Å². The molecule has 4 unspecified atom stereocenters. The summed E-state index contributed by atoms with van der Waals surface area (Å²) >= 11 is 0. The molecule has 0 aromatic heterocycles. The number of esters is 1. The molecule has 21 nitrogen and oxygen atoms in total. The summed E-state index contributed by atoms with van der Waals surface area (Å²) < 4.78 is 15.4. The highest BCUT2D eigenvalue weighted by Crippen LogP contribution is 2.41. The number of aliphatic hydroxyl groups excluding tert-OH is 1. The number of nitrogen functional groups attached to an aromatic ring is 5. The van der Waals surface area contributed by atoms with Gasteiger partial charge in [-0.15, -0.1) is 0 Å². The monoisotopic (exact) mass is 1850 g/mol. The Morgan fingerprint density at radius 3 is 1.24 bits per heavy atom. The third-order valence-corrected chi connectivity index (χ3v) is 25.5. The summed E-state index contributed by atoms with van der Waals surface area (Å²) in [5, 5.41) is 9.36. The molecular weight excluding hydrogens is 1700 g/mol. The van der Waals surface area contributed by atoms with E-state index in [0.29, 0.717) is 110 Å². The number of aliphatic hydroxyl groups is 1. The van der Waals surface area contributed by atoms with Crippen LogP contribution in [0.1, 0.15) is 260 Å². The lowest BCUT2D eigenvalue weighted by Crippen LogP contribution is -2.47. The largest absolute Gasteiger partial charge is 0.496 e. The SMILES string of the molecule is CCOC(=O)CCC(=O)CCc1ccc(N)c(CC)c1.CCOC(O)CCC(=O)CCc1ccc(N)c(C)c1.COc1c(C)cccc1C1CCCCN1C(=O)CCC(=O)CCc1ccc(N)cc1.Nc1ccc(CCC(=O)CCC(=O)N2CCCCC2C(c2ccccc2)c2ccccc2)cc1.Nc1ccc(CCC(=O)CCC(=O)N2CCCCC2c2ccccc2-c2ccccc2)cc1. The Bertz CT molecular complexity index is 5360. The molecule has 0 saturated carbocycles. The van der Waals surface area contributed by atoms with Crippen LogP contribution in [0.15, 0.2) is 243 Å². The number of hydrogen-bond donors (Lipinski definition) is 6. The minimum Gasteiger partial charge on any atom is -0.496 e. The lowest BCUT2D eigenvalue weighted by Gasteiger charge is -2.41. The molecule has 4 atom stereocenters. The number of likely N-dealkylation sites (tertiary alicyclic amines) is 3. The predicted octanol–water partition coefficient (Wildman–Crippen LogP) is 21.2. The van der Waals surface area contributed by atoms with E-state index in [0.717, 1.165) is 168 Å². The molecule has 3 heterocycles. The molecular formula is C115H144N8O13. The van der Waals surface area contributed by atoms with Crippen molar-refractivity contribution in [3.63, 3.8) is 0 Å². The number of anilines is 5. The van der Waals surface area contributed by atoms with Gasteiger partial charge < -0.3 is 62.7 Å². The van der Waals surface area contributed by atoms with Crippen LogP contribution in [0.5, 0.6) is 5.75 Å². The number of ketones is 5. The van der Waals surface area contributed by atoms with Gasteiger partial charge in [0.2, 0.25) is 17.7 Å². The van der Waals surface area contributed by atoms with E-state index in [1.165, 1.54) is 27.8 Å². The van der Waals surface area contributed by atoms with E-state index >= 15 is 0 Å². The van der Waals surface area contributed by atoms with E-state index in [-0.39, 0.29) is 109 Å². The van der Waals surface area contributed by atoms with Crippen LogP contribution in [0.4, 0.5) is 28.4 Å². The van der Waals surface area contributed by atoms with Crippen molar-refractivity contribution in [3.8, 4) is 16.9 Å². The number of nitrogens with two attached hydrogens (primary N) is 5. The third-order valence-electron chi connectivity index (χ3n) is 25.5. The smallest absolute Gasteiger partial charge is 0.306 e. The second kappa shape index (κ2) is 57.8. The maximum absolute atomic E-state index is 13.4. The highest BCUT2D eigenvalue weighted by Gasteiger charge is 2.36. The molecule has 722 valence electrons. The second-order valence-corrected chi connectivity index (χ2v) is 35.5. The summed E-state index contributed by atoms with van der Waals surface area (Å²) in [6.07, 6.45) is 17.9. The number of para-hydroxylation sites is 1. The number of piperidine rings is 3. The van der Waals surface area contributed by atoms with Crippen LogP contribution in [0.3, 0.4) is 0 Å². The molecule has 0 spiro atoms. The fourth-order valence-corrected chi connectivity index (χ4v) is 17.9. The molecule has 0 bridgehead atoms. The Morgan fingerprint density at radius 2 is 0.772 bits per heavy atom. The summed E-state index contributed by atoms with van der Waals surface area (Å²) in [7, 11) is 1.68. The highest BCUT2D eigenvalue weighted by atomic mass is 16.6. The van der Waals surface area contributed by atoms with Gasteiger partial charge in [0.25, 0.3) is 0 Å². The first-order chi connectivity index (χ1) is 65.8. The van der Waals surface area contributed by atoms with Crippen LogP contribution >= 0.6 is 0 Å². The number of hydrogen-bond acceptors (Lipinski definition) is 18. The number of rotatable bonds is 41. The molecule has 0 aliphatic carbocycles. The van der Waals surface area contributed by atoms with Crippen LogP contribution in [0.25, 0.3) is 11.1 Å². The first-order valence-corrected chi connectivity index (χ1v) is 48.9. The lowest BCUT2D eigenvalue weighted by molar-refractivity contribution is -0.144. The van der Waals surface area contributed by atoms with Crippen LogP contribution in [-0.4, -0.2) is 125 Å². The number of aryl methyl sites for hydroxylation is 8. The maximum atomic E-state index is 13.4. The summed E-state index contributed by atoms with van der Waals surface area (Å²) in [5.41, 5.74) is 48.3. The normalized spacial score (nSPS) is 14.7. The first-order valence-electron chi connectivity index (χ1n) is 48.9. The maximum Gasteiger partial charge on any atom is 0.306 e. The molecule has 3 saturated heterocycles. The minimum atomic E-state index is -0.826. The quantitative estimate of drug-likeness (QED) is 0.0118. The average Bonchev–Trinajstić information content (AvgIpc) is 0.790. The lowest BCUT2D eigenvalue weighted by atomic mass is 9.80. The van der Waals surface area contributed by atoms with E-state index in [1.807, 2.05) is 182 Å². The van der Waals surface area contributed by atoms with Crippen molar-refractivity contribution >= 4 is 81.0 Å². The molecule has 13 rings (SSSR count). The molecule has 3 aliphatic rings. The van der Waals surface area contributed by atoms with Crippen LogP contribution in [0, 0.1) is 13.8 Å². The molecule has 10 aromatic carbocycles. The van der Waals surface area contributed by atoms with E-state index in [1.54, 1.807) is 14.0 Å². The first kappa shape index (κ1) is 107. The zero-order chi connectivity index (χ0) is 97.5. The van der Waals surface area contributed by atoms with Gasteiger partial charge in [-0.1, -0.05) is 201 Å². The molecule has 3 fully saturated rings. The Kier molecular flexibility index (Phi) is 45.4. The number of carbonyl (C=O) groups is 9. The van der Waals surface area contributed by atoms with Gasteiger partial charge in [-0.3, -0.25) is 43.2 Å². The number of methoxy groups -OCH3 is 1. The van der Waals surface area contributed by atoms with E-state index < -0.39 is 6.29 Å². The van der Waals surface area contributed by atoms with Gasteiger partial charge in [-0.2, -0.15) is 0 Å². The Morgan fingerprint density at radius 1 is 0.375 bits per heavy atom. The Labute approximate surface area is 806 Å². The fourth-order valence-electron chi connectivity index (χ4n) is 17.9. The molecule has 21 heteroatoms. The van der Waals surface area contributed by atoms with Crippen LogP contribution < -0.4 is 33.4 Å². The van der Waals surface area contributed by atoms with Gasteiger partial charge in [0.05, 0.1) is 32.2 Å². The second-order valence-electron chi connectivity index (χ2n) is 35.5. The fraction of sp³-hybridized carbons (Fsp3) is 0.400. The zero-order valence-corrected chi connectivity index (χ0v) is 80.8. The van der Waals surface area contributed by atoms with Gasteiger partial charge >= 0.3 is 5.97 Å². The average molecular weight is 1850 g/mol. The number of ether oxygens (including phenoxy) is 3. The van der Waals surface area contributed by atoms with Gasteiger partial charge in [0.1, 0.15) is 34.7 Å². The van der Waals surface area contributed by atoms with Crippen molar-refractivity contribution < 1.29 is 62.5 Å². The van der Waals surface area contributed by atoms with Crippen LogP contribution in [0.2, 0.25) is 0 Å². The summed E-state index contributed by atoms with van der Waals surface area (Å²) in [5.74, 6) is 1.58. The van der Waals surface area contributed by atoms with Crippen molar-refractivity contribution in [2.45, 2.75) is 258 Å². The van der Waals surface area contributed by atoms with E-state index in [4.69, 9.17) is 42.9 Å². The minimum absolute atomic E-state index is 0.0194. The standard InChI is InChI=1S/C30H34N2O2.C29H32N2O2.C25H32N2O3.C16H23NO3.C15H23NO3/c31-26-17-14-23(15-18-26)16-19-27(33)20-21-29(34)32-22-8-7-13-28(32)30(24-9-3-1-4-10-24)25-11-5-2-6-12-25;30-24-16-13-22(14-17-24)15-18-25(32)19-20-29(33)31-21-7-6-12-28(31)27-11-5-4-10-26(27)23-8-2-1-3-9-23;1-18-6-5-7-22(25(18)30-2)23-8-3-4-17-27(23)24(29)16-15-21(28)14-11-19-9-12-20(26)13-10-19;1-3-13-11-12(6-9-15(13)17)5-7-14(18)8-10-16(19)20-4-2;1-3-19-15(18)9-7-13(17)6-4-12-5-8-14(16)11(2)10-12/h1-6,9-12,14-15,17-18,28,30H,7-8,13,16,19-22,31H2;1-5,8-11,13-14,16-17,28H,6-7,12,15,18-21,30H2;5-7,9-10,12-13,23H,3-4,8,11,14-17,26H2,1-2H3;6,9,11H,3-5,7-8,10,17H2,1-2H3;5,8,10,15,18H,3-4,6-7,9,16H2,1-2H3. The molecule has 3 amide bonds. The molecule has 3 aliphatic heterocycles. The Hall–Kier alpha value is -12.9. The van der Waals surface area contributed by atoms with Crippen molar-refractivity contribution in [2.75, 3.05) is 68.6 Å². The molecule has 11 N–H and O–H groups in total. The number of amides is 3. The summed E-state index contributed by atoms with van der Waals surface area (Å²) in [4.78, 5) is 117. The van der Waals surface area contributed by atoms with E-state index in [2.05, 4.69) is 103 Å². The number of carbonyl (C=O) groups excluding carboxylic acids is 9. The topological polar surface area (TPSA) is 341 Å². The van der Waals surface area contributed by atoms with Gasteiger partial charge in [0, 0.05) is 162 Å². The molecule has 10 aromatic rings. The highest BCUT2D eigenvalue weighted by molar-refractivity contribution is 5.88. The number of nitrogens with zero attached hydrogens (tertiary/aromatic N) is 3. The third kappa shape index (κ3) is 35.8. The van der Waals surface area contributed by atoms with Crippen molar-refractivity contribution in [2.24, 2.45) is 0 Å². The zero-order valence-electron chi connectivity index (χ0n) is 80.8. The number of Topliss-reactive ketones (excluding diaryl/α,β-unsaturated/α-hetero) is 5. The molecule has 136 heavy (non-hydrogen) atoms. The van der Waals surface area contributed by atoms with Crippen molar-refractivity contribution in [1.29, 1.82) is 0 Å². The van der Waals surface area contributed by atoms with Crippen molar-refractivity contribution in [1.82, 2.24) is 14.7 Å².